The minimum atomic E-state index is -0.448. The standard InChI is InChI=1S/C23H27FN6O3/c1-13-10-28-22(27-8-7-16-5-6-19(33-4)18(24)9-16)23(32)30(13)20-17(11-26-12-31)14(2)15(3)29-21(20)25/h5-6,9-10,12,15H,2,7-8,11H2,1,3-4H3,(H2,25,29)(H,26,31)(H,27,28). The number of carbonyl (C=O) groups is 1. The Morgan fingerprint density at radius 3 is 2.82 bits per heavy atom. The number of amidine groups is 1. The molecule has 1 aliphatic rings. The minimum Gasteiger partial charge on any atom is -0.494 e. The molecule has 0 saturated carbocycles. The summed E-state index contributed by atoms with van der Waals surface area (Å²) in [6, 6.07) is 4.43. The largest absolute Gasteiger partial charge is 0.494 e. The van der Waals surface area contributed by atoms with Crippen LogP contribution in [-0.2, 0) is 11.2 Å². The van der Waals surface area contributed by atoms with E-state index in [1.54, 1.807) is 25.3 Å². The zero-order valence-electron chi connectivity index (χ0n) is 18.8. The van der Waals surface area contributed by atoms with Crippen LogP contribution in [0.25, 0.3) is 5.70 Å². The van der Waals surface area contributed by atoms with Crippen LogP contribution >= 0.6 is 0 Å². The van der Waals surface area contributed by atoms with Gasteiger partial charge in [-0.25, -0.2) is 9.37 Å². The summed E-state index contributed by atoms with van der Waals surface area (Å²) in [4.78, 5) is 32.8. The van der Waals surface area contributed by atoms with E-state index in [1.807, 2.05) is 6.92 Å². The minimum absolute atomic E-state index is 0.113. The summed E-state index contributed by atoms with van der Waals surface area (Å²) < 4.78 is 20.3. The highest BCUT2D eigenvalue weighted by Gasteiger charge is 2.26. The first-order valence-electron chi connectivity index (χ1n) is 10.4. The maximum atomic E-state index is 13.9. The molecule has 1 aliphatic heterocycles. The molecule has 4 N–H and O–H groups in total. The fraction of sp³-hybridized carbons (Fsp3) is 0.304. The third kappa shape index (κ3) is 4.94. The van der Waals surface area contributed by atoms with Gasteiger partial charge in [-0.2, -0.15) is 0 Å². The molecular formula is C23H27FN6O3. The van der Waals surface area contributed by atoms with Crippen molar-refractivity contribution in [3.8, 4) is 5.75 Å². The highest BCUT2D eigenvalue weighted by molar-refractivity contribution is 6.19. The van der Waals surface area contributed by atoms with Crippen LogP contribution < -0.4 is 26.7 Å². The lowest BCUT2D eigenvalue weighted by atomic mass is 9.95. The lowest BCUT2D eigenvalue weighted by Gasteiger charge is -2.27. The number of benzene rings is 1. The molecule has 0 aliphatic carbocycles. The number of amides is 1. The molecule has 0 radical (unpaired) electrons. The van der Waals surface area contributed by atoms with Gasteiger partial charge in [-0.1, -0.05) is 12.6 Å². The van der Waals surface area contributed by atoms with E-state index in [0.717, 1.165) is 5.56 Å². The number of ether oxygens (including phenoxy) is 1. The van der Waals surface area contributed by atoms with Gasteiger partial charge in [-0.3, -0.25) is 19.1 Å². The number of aromatic nitrogens is 2. The predicted octanol–water partition coefficient (Wildman–Crippen LogP) is 1.63. The summed E-state index contributed by atoms with van der Waals surface area (Å²) in [6.45, 7) is 8.13. The molecule has 0 saturated heterocycles. The first-order valence-corrected chi connectivity index (χ1v) is 10.4. The van der Waals surface area contributed by atoms with E-state index in [9.17, 15) is 14.0 Å². The van der Waals surface area contributed by atoms with Crippen molar-refractivity contribution in [1.29, 1.82) is 0 Å². The number of nitrogens with one attached hydrogen (secondary N) is 2. The first kappa shape index (κ1) is 23.7. The van der Waals surface area contributed by atoms with Gasteiger partial charge in [-0.05, 0) is 43.5 Å². The van der Waals surface area contributed by atoms with Crippen LogP contribution in [0.5, 0.6) is 5.75 Å². The van der Waals surface area contributed by atoms with Crippen LogP contribution in [0.4, 0.5) is 10.2 Å². The van der Waals surface area contributed by atoms with E-state index in [4.69, 9.17) is 10.5 Å². The van der Waals surface area contributed by atoms with Crippen molar-refractivity contribution in [2.75, 3.05) is 25.5 Å². The second-order valence-corrected chi connectivity index (χ2v) is 7.58. The number of rotatable bonds is 9. The lowest BCUT2D eigenvalue weighted by molar-refractivity contribution is -0.109. The van der Waals surface area contributed by atoms with Crippen LogP contribution in [-0.4, -0.2) is 48.0 Å². The summed E-state index contributed by atoms with van der Waals surface area (Å²) >= 11 is 0. The fourth-order valence-corrected chi connectivity index (χ4v) is 3.62. The van der Waals surface area contributed by atoms with E-state index >= 15 is 0 Å². The Balaban J connectivity index is 1.91. The summed E-state index contributed by atoms with van der Waals surface area (Å²) in [5.74, 6) is 0.0109. The number of halogens is 1. The van der Waals surface area contributed by atoms with Gasteiger partial charge in [0.2, 0.25) is 6.41 Å². The topological polar surface area (TPSA) is 124 Å². The van der Waals surface area contributed by atoms with Crippen LogP contribution in [0.2, 0.25) is 0 Å². The van der Waals surface area contributed by atoms with Crippen LogP contribution in [0.15, 0.2) is 51.9 Å². The molecule has 3 rings (SSSR count). The molecular weight excluding hydrogens is 427 g/mol. The van der Waals surface area contributed by atoms with Gasteiger partial charge in [0.1, 0.15) is 5.84 Å². The molecule has 0 fully saturated rings. The molecule has 9 nitrogen and oxygen atoms in total. The fourth-order valence-electron chi connectivity index (χ4n) is 3.62. The molecule has 2 aromatic rings. The smallest absolute Gasteiger partial charge is 0.298 e. The number of aryl methyl sites for hydroxylation is 1. The average Bonchev–Trinajstić information content (AvgIpc) is 2.78. The van der Waals surface area contributed by atoms with Crippen molar-refractivity contribution in [1.82, 2.24) is 14.9 Å². The number of dihydropyridines is 1. The van der Waals surface area contributed by atoms with Gasteiger partial charge >= 0.3 is 0 Å². The number of anilines is 1. The quantitative estimate of drug-likeness (QED) is 0.495. The molecule has 174 valence electrons. The maximum Gasteiger partial charge on any atom is 0.298 e. The van der Waals surface area contributed by atoms with Gasteiger partial charge in [0, 0.05) is 30.6 Å². The molecule has 1 aromatic carbocycles. The van der Waals surface area contributed by atoms with Crippen molar-refractivity contribution in [3.05, 3.63) is 69.5 Å². The van der Waals surface area contributed by atoms with Crippen molar-refractivity contribution in [2.24, 2.45) is 10.7 Å². The number of nitrogens with zero attached hydrogens (tertiary/aromatic N) is 3. The molecule has 1 aromatic heterocycles. The zero-order chi connectivity index (χ0) is 24.1. The Morgan fingerprint density at radius 1 is 1.39 bits per heavy atom. The van der Waals surface area contributed by atoms with Gasteiger partial charge in [-0.15, -0.1) is 0 Å². The van der Waals surface area contributed by atoms with Crippen LogP contribution in [0, 0.1) is 12.7 Å². The van der Waals surface area contributed by atoms with E-state index in [1.165, 1.54) is 17.7 Å². The summed E-state index contributed by atoms with van der Waals surface area (Å²) in [7, 11) is 1.41. The first-order chi connectivity index (χ1) is 15.8. The Kier molecular flexibility index (Phi) is 7.27. The lowest BCUT2D eigenvalue weighted by Crippen LogP contribution is -2.37. The number of hydrogen-bond acceptors (Lipinski definition) is 7. The van der Waals surface area contributed by atoms with Crippen molar-refractivity contribution in [2.45, 2.75) is 26.3 Å². The van der Waals surface area contributed by atoms with E-state index < -0.39 is 11.4 Å². The maximum absolute atomic E-state index is 13.9. The van der Waals surface area contributed by atoms with Crippen LogP contribution in [0.1, 0.15) is 18.2 Å². The molecule has 2 heterocycles. The molecule has 1 unspecified atom stereocenters. The Hall–Kier alpha value is -3.95. The molecule has 0 spiro atoms. The van der Waals surface area contributed by atoms with Gasteiger partial charge in [0.05, 0.1) is 18.8 Å². The number of nitrogens with two attached hydrogens (primary N) is 1. The van der Waals surface area contributed by atoms with E-state index in [-0.39, 0.29) is 30.0 Å². The Bertz CT molecular complexity index is 1200. The normalized spacial score (nSPS) is 15.8. The van der Waals surface area contributed by atoms with Crippen LogP contribution in [0.3, 0.4) is 0 Å². The van der Waals surface area contributed by atoms with Gasteiger partial charge in [0.25, 0.3) is 5.56 Å². The molecule has 33 heavy (non-hydrogen) atoms. The second kappa shape index (κ2) is 10.1. The predicted molar refractivity (Wildman–Crippen MR) is 126 cm³/mol. The third-order valence-electron chi connectivity index (χ3n) is 5.40. The number of aliphatic imine (C=N–C) groups is 1. The highest BCUT2D eigenvalue weighted by atomic mass is 19.1. The SMILES string of the molecule is C=C1C(CNC=O)=C(n2c(C)cnc(NCCc3ccc(OC)c(F)c3)c2=O)C(N)=NC1C. The van der Waals surface area contributed by atoms with Gasteiger partial charge < -0.3 is 21.1 Å². The van der Waals surface area contributed by atoms with E-state index in [0.29, 0.717) is 41.9 Å². The summed E-state index contributed by atoms with van der Waals surface area (Å²) in [6.07, 6.45) is 2.58. The number of carbonyl (C=O) groups excluding carboxylic acids is 1. The van der Waals surface area contributed by atoms with Crippen molar-refractivity contribution in [3.63, 3.8) is 0 Å². The molecule has 10 heteroatoms. The number of hydrogen-bond donors (Lipinski definition) is 3. The second-order valence-electron chi connectivity index (χ2n) is 7.58. The van der Waals surface area contributed by atoms with E-state index in [2.05, 4.69) is 27.2 Å². The zero-order valence-corrected chi connectivity index (χ0v) is 18.8. The Labute approximate surface area is 190 Å². The third-order valence-corrected chi connectivity index (χ3v) is 5.40. The van der Waals surface area contributed by atoms with Gasteiger partial charge in [0.15, 0.2) is 17.4 Å². The molecule has 1 atom stereocenters. The average molecular weight is 455 g/mol. The monoisotopic (exact) mass is 454 g/mol. The molecule has 0 bridgehead atoms. The summed E-state index contributed by atoms with van der Waals surface area (Å²) in [5.41, 5.74) is 8.74. The number of methoxy groups -OCH3 is 1. The van der Waals surface area contributed by atoms with Crippen molar-refractivity contribution >= 4 is 23.8 Å². The molecule has 1 amide bonds. The highest BCUT2D eigenvalue weighted by Crippen LogP contribution is 2.27. The summed E-state index contributed by atoms with van der Waals surface area (Å²) in [5, 5.41) is 5.63. The van der Waals surface area contributed by atoms with Crippen molar-refractivity contribution < 1.29 is 13.9 Å². The Morgan fingerprint density at radius 2 is 2.15 bits per heavy atom.